The van der Waals surface area contributed by atoms with Crippen molar-refractivity contribution in [1.29, 1.82) is 0 Å². The number of imide groups is 1. The molecule has 0 spiro atoms. The summed E-state index contributed by atoms with van der Waals surface area (Å²) >= 11 is 9.76. The largest absolute Gasteiger partial charge is 0.481 e. The monoisotopic (exact) mass is 601 g/mol. The number of halogens is 2. The van der Waals surface area contributed by atoms with Crippen LogP contribution in [-0.4, -0.2) is 42.4 Å². The van der Waals surface area contributed by atoms with Crippen LogP contribution in [0.2, 0.25) is 5.02 Å². The Balaban J connectivity index is 1.42. The summed E-state index contributed by atoms with van der Waals surface area (Å²) < 4.78 is 16.0. The summed E-state index contributed by atoms with van der Waals surface area (Å²) in [5.41, 5.74) is 2.11. The molecule has 1 aliphatic heterocycles. The molecule has 38 heavy (non-hydrogen) atoms. The number of hydrogen-bond acceptors (Lipinski definition) is 7. The summed E-state index contributed by atoms with van der Waals surface area (Å²) in [6.07, 6.45) is 1.45. The van der Waals surface area contributed by atoms with Crippen molar-refractivity contribution >= 4 is 63.1 Å². The number of furan rings is 1. The van der Waals surface area contributed by atoms with Crippen molar-refractivity contribution in [3.05, 3.63) is 86.4 Å². The number of carbonyl (C=O) groups is 4. The predicted molar refractivity (Wildman–Crippen MR) is 142 cm³/mol. The molecule has 4 amide bonds. The zero-order chi connectivity index (χ0) is 27.4. The molecule has 2 aromatic carbocycles. The quantitative estimate of drug-likeness (QED) is 0.213. The summed E-state index contributed by atoms with van der Waals surface area (Å²) in [6.45, 7) is 1.42. The highest BCUT2D eigenvalue weighted by atomic mass is 79.9. The molecule has 3 aromatic rings. The van der Waals surface area contributed by atoms with Crippen LogP contribution in [0.4, 0.5) is 10.5 Å². The standard InChI is InChI=1S/C26H21BrClN3O7/c1-14-5-3-4-6-19(14)29-22(32)13-37-23-17(27)9-15(10-18(23)28)11-20-24(33)31(26(35)30-20)12-16-7-8-21(38-16)25(34)36-2/h3-11H,12-13H2,1-2H3,(H,29,32)(H,30,35)/b20-11-. The lowest BCUT2D eigenvalue weighted by atomic mass is 10.2. The number of amides is 4. The van der Waals surface area contributed by atoms with E-state index in [1.807, 2.05) is 25.1 Å². The molecule has 4 rings (SSSR count). The van der Waals surface area contributed by atoms with Crippen molar-refractivity contribution in [2.75, 3.05) is 19.0 Å². The third-order valence-electron chi connectivity index (χ3n) is 5.42. The number of hydrogen-bond donors (Lipinski definition) is 2. The maximum absolute atomic E-state index is 12.8. The first-order chi connectivity index (χ1) is 18.2. The molecule has 0 aliphatic carbocycles. The summed E-state index contributed by atoms with van der Waals surface area (Å²) in [5, 5.41) is 5.47. The van der Waals surface area contributed by atoms with Crippen LogP contribution in [0.1, 0.15) is 27.4 Å². The van der Waals surface area contributed by atoms with Gasteiger partial charge in [-0.2, -0.15) is 0 Å². The van der Waals surface area contributed by atoms with Gasteiger partial charge in [-0.15, -0.1) is 0 Å². The Morgan fingerprint density at radius 1 is 1.18 bits per heavy atom. The second-order valence-corrected chi connectivity index (χ2v) is 9.36. The summed E-state index contributed by atoms with van der Waals surface area (Å²) in [7, 11) is 1.21. The highest BCUT2D eigenvalue weighted by Gasteiger charge is 2.34. The molecular weight excluding hydrogens is 582 g/mol. The van der Waals surface area contributed by atoms with Crippen molar-refractivity contribution < 1.29 is 33.1 Å². The number of methoxy groups -OCH3 is 1. The first kappa shape index (κ1) is 27.0. The van der Waals surface area contributed by atoms with Crippen LogP contribution >= 0.6 is 27.5 Å². The Labute approximate surface area is 230 Å². The number of para-hydroxylation sites is 1. The van der Waals surface area contributed by atoms with Crippen LogP contribution in [0.15, 0.2) is 63.1 Å². The number of urea groups is 1. The predicted octanol–water partition coefficient (Wildman–Crippen LogP) is 4.90. The first-order valence-corrected chi connectivity index (χ1v) is 12.3. The minimum atomic E-state index is -0.671. The number of ether oxygens (including phenoxy) is 2. The van der Waals surface area contributed by atoms with E-state index in [4.69, 9.17) is 20.8 Å². The lowest BCUT2D eigenvalue weighted by Crippen LogP contribution is -2.30. The first-order valence-electron chi connectivity index (χ1n) is 11.1. The van der Waals surface area contributed by atoms with E-state index in [0.717, 1.165) is 10.5 Å². The van der Waals surface area contributed by atoms with Crippen LogP contribution in [-0.2, 0) is 20.9 Å². The molecule has 12 heteroatoms. The molecule has 1 saturated heterocycles. The Morgan fingerprint density at radius 3 is 2.66 bits per heavy atom. The van der Waals surface area contributed by atoms with Gasteiger partial charge in [0.15, 0.2) is 12.4 Å². The van der Waals surface area contributed by atoms with Gasteiger partial charge in [0.1, 0.15) is 11.5 Å². The number of rotatable bonds is 8. The van der Waals surface area contributed by atoms with Crippen molar-refractivity contribution in [2.45, 2.75) is 13.5 Å². The van der Waals surface area contributed by atoms with E-state index in [-0.39, 0.29) is 47.0 Å². The van der Waals surface area contributed by atoms with Crippen LogP contribution < -0.4 is 15.4 Å². The maximum atomic E-state index is 12.8. The number of aryl methyl sites for hydroxylation is 1. The minimum Gasteiger partial charge on any atom is -0.481 e. The lowest BCUT2D eigenvalue weighted by molar-refractivity contribution is -0.123. The molecule has 0 unspecified atom stereocenters. The van der Waals surface area contributed by atoms with Gasteiger partial charge in [0.25, 0.3) is 11.8 Å². The van der Waals surface area contributed by atoms with Gasteiger partial charge in [0.2, 0.25) is 5.76 Å². The normalized spacial score (nSPS) is 14.0. The van der Waals surface area contributed by atoms with Crippen LogP contribution in [0.3, 0.4) is 0 Å². The third kappa shape index (κ3) is 6.06. The molecular formula is C26H21BrClN3O7. The number of benzene rings is 2. The highest BCUT2D eigenvalue weighted by molar-refractivity contribution is 9.10. The molecule has 196 valence electrons. The zero-order valence-corrected chi connectivity index (χ0v) is 22.5. The summed E-state index contributed by atoms with van der Waals surface area (Å²) in [6, 6.07) is 12.7. The van der Waals surface area contributed by atoms with Crippen LogP contribution in [0, 0.1) is 6.92 Å². The summed E-state index contributed by atoms with van der Waals surface area (Å²) in [4.78, 5) is 50.1. The van der Waals surface area contributed by atoms with Gasteiger partial charge in [-0.1, -0.05) is 29.8 Å². The van der Waals surface area contributed by atoms with Crippen molar-refractivity contribution in [2.24, 2.45) is 0 Å². The van der Waals surface area contributed by atoms with Crippen LogP contribution in [0.5, 0.6) is 5.75 Å². The zero-order valence-electron chi connectivity index (χ0n) is 20.2. The molecule has 1 fully saturated rings. The fourth-order valence-corrected chi connectivity index (χ4v) is 4.54. The maximum Gasteiger partial charge on any atom is 0.373 e. The van der Waals surface area contributed by atoms with Gasteiger partial charge in [-0.3, -0.25) is 14.5 Å². The molecule has 0 saturated carbocycles. The van der Waals surface area contributed by atoms with E-state index in [2.05, 4.69) is 31.3 Å². The molecule has 10 nitrogen and oxygen atoms in total. The van der Waals surface area contributed by atoms with E-state index in [0.29, 0.717) is 15.7 Å². The van der Waals surface area contributed by atoms with Gasteiger partial charge in [-0.05, 0) is 70.4 Å². The van der Waals surface area contributed by atoms with E-state index in [1.54, 1.807) is 12.1 Å². The van der Waals surface area contributed by atoms with E-state index < -0.39 is 17.9 Å². The molecule has 2 heterocycles. The molecule has 1 aromatic heterocycles. The number of anilines is 1. The molecule has 0 bridgehead atoms. The molecule has 0 atom stereocenters. The SMILES string of the molecule is COC(=O)c1ccc(CN2C(=O)N/C(=C\c3cc(Cl)c(OCC(=O)Nc4ccccc4C)c(Br)c3)C2=O)o1. The van der Waals surface area contributed by atoms with Gasteiger partial charge in [0, 0.05) is 5.69 Å². The Kier molecular flexibility index (Phi) is 8.18. The average molecular weight is 603 g/mol. The van der Waals surface area contributed by atoms with E-state index in [1.165, 1.54) is 31.4 Å². The fourth-order valence-electron chi connectivity index (χ4n) is 3.55. The van der Waals surface area contributed by atoms with Crippen LogP contribution in [0.25, 0.3) is 6.08 Å². The average Bonchev–Trinajstić information content (AvgIpc) is 3.45. The van der Waals surface area contributed by atoms with Crippen molar-refractivity contribution in [3.63, 3.8) is 0 Å². The fraction of sp³-hybridized carbons (Fsp3) is 0.154. The topological polar surface area (TPSA) is 127 Å². The van der Waals surface area contributed by atoms with Gasteiger partial charge in [0.05, 0.1) is 23.1 Å². The second-order valence-electron chi connectivity index (χ2n) is 8.10. The number of nitrogens with one attached hydrogen (secondary N) is 2. The summed E-state index contributed by atoms with van der Waals surface area (Å²) in [5.74, 6) is -1.18. The van der Waals surface area contributed by atoms with Crippen molar-refractivity contribution in [1.82, 2.24) is 10.2 Å². The third-order valence-corrected chi connectivity index (χ3v) is 6.29. The Morgan fingerprint density at radius 2 is 1.95 bits per heavy atom. The second kappa shape index (κ2) is 11.5. The Bertz CT molecular complexity index is 1440. The molecule has 0 radical (unpaired) electrons. The molecule has 1 aliphatic rings. The van der Waals surface area contributed by atoms with Crippen molar-refractivity contribution in [3.8, 4) is 5.75 Å². The molecule has 2 N–H and O–H groups in total. The highest BCUT2D eigenvalue weighted by Crippen LogP contribution is 2.35. The number of nitrogens with zero attached hydrogens (tertiary/aromatic N) is 1. The smallest absolute Gasteiger partial charge is 0.373 e. The number of esters is 1. The Hall–Kier alpha value is -4.09. The van der Waals surface area contributed by atoms with Gasteiger partial charge in [-0.25, -0.2) is 9.59 Å². The van der Waals surface area contributed by atoms with Gasteiger partial charge < -0.3 is 24.5 Å². The lowest BCUT2D eigenvalue weighted by Gasteiger charge is -2.12. The number of carbonyl (C=O) groups excluding carboxylic acids is 4. The minimum absolute atomic E-state index is 0.0176. The van der Waals surface area contributed by atoms with E-state index in [9.17, 15) is 19.2 Å². The van der Waals surface area contributed by atoms with Gasteiger partial charge >= 0.3 is 12.0 Å². The van der Waals surface area contributed by atoms with E-state index >= 15 is 0 Å².